The van der Waals surface area contributed by atoms with Gasteiger partial charge in [-0.1, -0.05) is 41.5 Å². The zero-order valence-corrected chi connectivity index (χ0v) is 13.4. The molecule has 18 heavy (non-hydrogen) atoms. The van der Waals surface area contributed by atoms with Gasteiger partial charge in [0.1, 0.15) is 0 Å². The molecular formula is C18H32. The van der Waals surface area contributed by atoms with Crippen molar-refractivity contribution in [1.82, 2.24) is 0 Å². The summed E-state index contributed by atoms with van der Waals surface area (Å²) in [5.41, 5.74) is 3.28. The maximum Gasteiger partial charge on any atom is -0.0259 e. The van der Waals surface area contributed by atoms with Crippen LogP contribution in [0.15, 0.2) is 0 Å². The van der Waals surface area contributed by atoms with Crippen LogP contribution in [0, 0.1) is 33.5 Å². The average Bonchev–Trinajstić information content (AvgIpc) is 2.04. The standard InChI is InChI=1S/2C9H16/c2*1-7(2)9-4-8(3,5-9)6-9/h2*7H,4-6H2,1-3H3. The van der Waals surface area contributed by atoms with E-state index in [9.17, 15) is 0 Å². The Hall–Kier alpha value is 0. The first-order valence-corrected chi connectivity index (χ1v) is 8.13. The molecule has 0 atom stereocenters. The normalized spacial score (nSPS) is 54.7. The van der Waals surface area contributed by atoms with Gasteiger partial charge in [0.05, 0.1) is 0 Å². The molecule has 6 saturated carbocycles. The van der Waals surface area contributed by atoms with E-state index in [4.69, 9.17) is 0 Å². The molecule has 6 aliphatic carbocycles. The molecule has 6 rings (SSSR count). The third kappa shape index (κ3) is 1.56. The summed E-state index contributed by atoms with van der Waals surface area (Å²) < 4.78 is 0. The molecule has 0 unspecified atom stereocenters. The average molecular weight is 248 g/mol. The van der Waals surface area contributed by atoms with E-state index in [2.05, 4.69) is 41.5 Å². The van der Waals surface area contributed by atoms with Crippen LogP contribution in [0.25, 0.3) is 0 Å². The Morgan fingerprint density at radius 3 is 0.833 bits per heavy atom. The molecule has 0 aromatic carbocycles. The van der Waals surface area contributed by atoms with Crippen LogP contribution >= 0.6 is 0 Å². The fraction of sp³-hybridized carbons (Fsp3) is 1.00. The van der Waals surface area contributed by atoms with Gasteiger partial charge in [0, 0.05) is 0 Å². The van der Waals surface area contributed by atoms with Crippen molar-refractivity contribution in [2.45, 2.75) is 80.1 Å². The van der Waals surface area contributed by atoms with E-state index < -0.39 is 0 Å². The van der Waals surface area contributed by atoms with Crippen LogP contribution in [0.4, 0.5) is 0 Å². The van der Waals surface area contributed by atoms with Crippen molar-refractivity contribution in [3.63, 3.8) is 0 Å². The summed E-state index contributed by atoms with van der Waals surface area (Å²) in [6.45, 7) is 14.4. The fourth-order valence-corrected chi connectivity index (χ4v) is 6.01. The molecule has 0 amide bonds. The van der Waals surface area contributed by atoms with Crippen LogP contribution in [0.1, 0.15) is 80.1 Å². The van der Waals surface area contributed by atoms with Gasteiger partial charge in [-0.25, -0.2) is 0 Å². The van der Waals surface area contributed by atoms with Crippen LogP contribution in [0.5, 0.6) is 0 Å². The second-order valence-electron chi connectivity index (χ2n) is 9.72. The minimum absolute atomic E-state index is 0.810. The maximum absolute atomic E-state index is 2.43. The molecule has 6 fully saturated rings. The molecule has 0 spiro atoms. The van der Waals surface area contributed by atoms with E-state index in [0.717, 1.165) is 33.5 Å². The highest BCUT2D eigenvalue weighted by Crippen LogP contribution is 2.76. The van der Waals surface area contributed by atoms with E-state index >= 15 is 0 Å². The molecule has 0 aliphatic heterocycles. The van der Waals surface area contributed by atoms with E-state index in [0.29, 0.717) is 0 Å². The van der Waals surface area contributed by atoms with Crippen LogP contribution < -0.4 is 0 Å². The first-order valence-electron chi connectivity index (χ1n) is 8.13. The van der Waals surface area contributed by atoms with E-state index in [1.807, 2.05) is 0 Å². The maximum atomic E-state index is 2.43. The van der Waals surface area contributed by atoms with Gasteiger partial charge >= 0.3 is 0 Å². The molecule has 6 aliphatic rings. The van der Waals surface area contributed by atoms with E-state index in [1.165, 1.54) is 38.5 Å². The first kappa shape index (κ1) is 13.0. The van der Waals surface area contributed by atoms with Crippen LogP contribution in [0.2, 0.25) is 0 Å². The summed E-state index contributed by atoms with van der Waals surface area (Å²) in [6.07, 6.45) is 9.15. The van der Waals surface area contributed by atoms with Gasteiger partial charge < -0.3 is 0 Å². The second kappa shape index (κ2) is 3.36. The van der Waals surface area contributed by atoms with E-state index in [1.54, 1.807) is 0 Å². The molecular weight excluding hydrogens is 216 g/mol. The molecule has 0 nitrogen and oxygen atoms in total. The Balaban J connectivity index is 0.000000111. The van der Waals surface area contributed by atoms with Crippen molar-refractivity contribution in [1.29, 1.82) is 0 Å². The zero-order valence-electron chi connectivity index (χ0n) is 13.4. The first-order chi connectivity index (χ1) is 8.13. The van der Waals surface area contributed by atoms with Crippen LogP contribution in [-0.2, 0) is 0 Å². The van der Waals surface area contributed by atoms with Gasteiger partial charge in [-0.3, -0.25) is 0 Å². The Morgan fingerprint density at radius 2 is 0.778 bits per heavy atom. The number of hydrogen-bond acceptors (Lipinski definition) is 0. The van der Waals surface area contributed by atoms with Crippen molar-refractivity contribution >= 4 is 0 Å². The molecule has 0 heterocycles. The predicted molar refractivity (Wildman–Crippen MR) is 78.5 cm³/mol. The molecule has 0 radical (unpaired) electrons. The van der Waals surface area contributed by atoms with Gasteiger partial charge in [0.15, 0.2) is 0 Å². The van der Waals surface area contributed by atoms with Crippen LogP contribution in [-0.4, -0.2) is 0 Å². The lowest BCUT2D eigenvalue weighted by atomic mass is 9.33. The van der Waals surface area contributed by atoms with E-state index in [-0.39, 0.29) is 0 Å². The quantitative estimate of drug-likeness (QED) is 0.591. The molecule has 104 valence electrons. The molecule has 0 N–H and O–H groups in total. The minimum atomic E-state index is 0.810. The Morgan fingerprint density at radius 1 is 0.556 bits per heavy atom. The zero-order chi connectivity index (χ0) is 13.4. The Kier molecular flexibility index (Phi) is 2.43. The van der Waals surface area contributed by atoms with Gasteiger partial charge in [0.2, 0.25) is 0 Å². The van der Waals surface area contributed by atoms with Gasteiger partial charge in [-0.15, -0.1) is 0 Å². The van der Waals surface area contributed by atoms with Crippen molar-refractivity contribution < 1.29 is 0 Å². The van der Waals surface area contributed by atoms with Crippen molar-refractivity contribution in [2.24, 2.45) is 33.5 Å². The predicted octanol–water partition coefficient (Wildman–Crippen LogP) is 5.67. The van der Waals surface area contributed by atoms with Crippen molar-refractivity contribution in [3.8, 4) is 0 Å². The highest BCUT2D eigenvalue weighted by molar-refractivity contribution is 5.16. The number of rotatable bonds is 2. The summed E-state index contributed by atoms with van der Waals surface area (Å²) in [5, 5.41) is 0. The van der Waals surface area contributed by atoms with Gasteiger partial charge in [0.25, 0.3) is 0 Å². The smallest absolute Gasteiger partial charge is 0.0259 e. The lowest BCUT2D eigenvalue weighted by Crippen LogP contribution is -2.62. The van der Waals surface area contributed by atoms with Gasteiger partial charge in [-0.2, -0.15) is 0 Å². The third-order valence-electron chi connectivity index (χ3n) is 7.12. The second-order valence-corrected chi connectivity index (χ2v) is 9.72. The largest absolute Gasteiger partial charge is 0.0622 e. The number of hydrogen-bond donors (Lipinski definition) is 0. The highest BCUT2D eigenvalue weighted by atomic mass is 14.7. The highest BCUT2D eigenvalue weighted by Gasteiger charge is 2.66. The van der Waals surface area contributed by atoms with Crippen molar-refractivity contribution in [2.75, 3.05) is 0 Å². The topological polar surface area (TPSA) is 0 Å². The molecule has 0 saturated heterocycles. The van der Waals surface area contributed by atoms with Crippen molar-refractivity contribution in [3.05, 3.63) is 0 Å². The minimum Gasteiger partial charge on any atom is -0.0622 e. The molecule has 0 aromatic rings. The lowest BCUT2D eigenvalue weighted by Gasteiger charge is -2.72. The van der Waals surface area contributed by atoms with Crippen LogP contribution in [0.3, 0.4) is 0 Å². The Labute approximate surface area is 114 Å². The monoisotopic (exact) mass is 248 g/mol. The summed E-state index contributed by atoms with van der Waals surface area (Å²) in [5.74, 6) is 1.89. The van der Waals surface area contributed by atoms with Gasteiger partial charge in [-0.05, 0) is 72.0 Å². The lowest BCUT2D eigenvalue weighted by molar-refractivity contribution is -0.217. The molecule has 0 heteroatoms. The molecule has 4 bridgehead atoms. The summed E-state index contributed by atoms with van der Waals surface area (Å²) in [6, 6.07) is 0. The SMILES string of the molecule is CC(C)C12CC(C)(C1)C2.CC(C)C12CC(C)(C1)C2. The summed E-state index contributed by atoms with van der Waals surface area (Å²) in [4.78, 5) is 0. The Bertz CT molecular complexity index is 285. The fourth-order valence-electron chi connectivity index (χ4n) is 6.01. The summed E-state index contributed by atoms with van der Waals surface area (Å²) >= 11 is 0. The summed E-state index contributed by atoms with van der Waals surface area (Å²) in [7, 11) is 0. The molecule has 0 aromatic heterocycles. The third-order valence-corrected chi connectivity index (χ3v) is 7.12.